The fourth-order valence-electron chi connectivity index (χ4n) is 4.30. The van der Waals surface area contributed by atoms with Gasteiger partial charge in [-0.3, -0.25) is 9.36 Å². The van der Waals surface area contributed by atoms with Crippen LogP contribution in [0.15, 0.2) is 63.5 Å². The second kappa shape index (κ2) is 12.0. The van der Waals surface area contributed by atoms with Crippen LogP contribution in [-0.2, 0) is 9.53 Å². The predicted molar refractivity (Wildman–Crippen MR) is 150 cm³/mol. The SMILES string of the molecule is C#CCOc1ccccc1/C=c1/sc2n(c1=O)[C@H](c1ccc(OC(C)C)c(OC)c1)C(C(=O)OCC)=C(C)N=2. The van der Waals surface area contributed by atoms with Crippen molar-refractivity contribution in [2.45, 2.75) is 39.8 Å². The van der Waals surface area contributed by atoms with Crippen molar-refractivity contribution in [2.75, 3.05) is 20.3 Å². The van der Waals surface area contributed by atoms with E-state index < -0.39 is 12.0 Å². The maximum Gasteiger partial charge on any atom is 0.338 e. The minimum absolute atomic E-state index is 0.0628. The maximum absolute atomic E-state index is 13.9. The van der Waals surface area contributed by atoms with E-state index >= 15 is 0 Å². The molecule has 0 saturated carbocycles. The molecule has 2 heterocycles. The monoisotopic (exact) mass is 546 g/mol. The molecule has 9 heteroatoms. The Bertz CT molecular complexity index is 1640. The van der Waals surface area contributed by atoms with Crippen LogP contribution in [0.25, 0.3) is 6.08 Å². The van der Waals surface area contributed by atoms with Crippen LogP contribution in [0.2, 0.25) is 0 Å². The summed E-state index contributed by atoms with van der Waals surface area (Å²) >= 11 is 1.23. The van der Waals surface area contributed by atoms with Crippen LogP contribution in [0.5, 0.6) is 17.2 Å². The van der Waals surface area contributed by atoms with Crippen LogP contribution in [0.4, 0.5) is 0 Å². The van der Waals surface area contributed by atoms with Gasteiger partial charge in [-0.15, -0.1) is 6.42 Å². The molecule has 0 aliphatic carbocycles. The molecule has 1 aliphatic rings. The van der Waals surface area contributed by atoms with E-state index in [1.54, 1.807) is 45.2 Å². The zero-order valence-electron chi connectivity index (χ0n) is 22.5. The fraction of sp³-hybridized carbons (Fsp3) is 0.300. The second-order valence-corrected chi connectivity index (χ2v) is 9.92. The molecule has 0 radical (unpaired) electrons. The van der Waals surface area contributed by atoms with Crippen LogP contribution in [0.1, 0.15) is 44.9 Å². The lowest BCUT2D eigenvalue weighted by atomic mass is 9.95. The summed E-state index contributed by atoms with van der Waals surface area (Å²) in [7, 11) is 1.55. The molecule has 8 nitrogen and oxygen atoms in total. The van der Waals surface area contributed by atoms with Crippen molar-refractivity contribution >= 4 is 23.4 Å². The highest BCUT2D eigenvalue weighted by Gasteiger charge is 2.34. The number of hydrogen-bond donors (Lipinski definition) is 0. The summed E-state index contributed by atoms with van der Waals surface area (Å²) in [6.07, 6.45) is 7.04. The lowest BCUT2D eigenvalue weighted by Gasteiger charge is -2.25. The topological polar surface area (TPSA) is 88.3 Å². The molecule has 0 unspecified atom stereocenters. The molecule has 0 bridgehead atoms. The largest absolute Gasteiger partial charge is 0.493 e. The summed E-state index contributed by atoms with van der Waals surface area (Å²) in [5.41, 5.74) is 1.82. The third kappa shape index (κ3) is 5.76. The average molecular weight is 547 g/mol. The zero-order chi connectivity index (χ0) is 28.1. The van der Waals surface area contributed by atoms with Crippen molar-refractivity contribution in [1.29, 1.82) is 0 Å². The fourth-order valence-corrected chi connectivity index (χ4v) is 5.34. The van der Waals surface area contributed by atoms with Gasteiger partial charge in [0, 0.05) is 5.56 Å². The van der Waals surface area contributed by atoms with Gasteiger partial charge in [-0.1, -0.05) is 41.5 Å². The first-order valence-corrected chi connectivity index (χ1v) is 13.3. The Hall–Kier alpha value is -4.29. The minimum Gasteiger partial charge on any atom is -0.493 e. The Morgan fingerprint density at radius 1 is 1.21 bits per heavy atom. The Morgan fingerprint density at radius 3 is 2.67 bits per heavy atom. The number of allylic oxidation sites excluding steroid dienone is 1. The zero-order valence-corrected chi connectivity index (χ0v) is 23.3. The number of fused-ring (bicyclic) bond motifs is 1. The third-order valence-corrected chi connectivity index (χ3v) is 6.88. The number of hydrogen-bond acceptors (Lipinski definition) is 8. The van der Waals surface area contributed by atoms with Crippen LogP contribution >= 0.6 is 11.3 Å². The van der Waals surface area contributed by atoms with Gasteiger partial charge < -0.3 is 18.9 Å². The first-order chi connectivity index (χ1) is 18.8. The van der Waals surface area contributed by atoms with E-state index in [0.29, 0.717) is 43.4 Å². The van der Waals surface area contributed by atoms with E-state index in [9.17, 15) is 9.59 Å². The number of carbonyl (C=O) groups excluding carboxylic acids is 1. The first-order valence-electron chi connectivity index (χ1n) is 12.5. The molecule has 3 aromatic rings. The number of methoxy groups -OCH3 is 1. The third-order valence-electron chi connectivity index (χ3n) is 5.90. The number of esters is 1. The van der Waals surface area contributed by atoms with E-state index in [4.69, 9.17) is 25.4 Å². The quantitative estimate of drug-likeness (QED) is 0.301. The normalized spacial score (nSPS) is 14.9. The molecule has 2 aromatic carbocycles. The van der Waals surface area contributed by atoms with Crippen LogP contribution in [0.3, 0.4) is 0 Å². The molecule has 0 amide bonds. The summed E-state index contributed by atoms with van der Waals surface area (Å²) in [6.45, 7) is 7.61. The van der Waals surface area contributed by atoms with Crippen LogP contribution < -0.4 is 29.1 Å². The van der Waals surface area contributed by atoms with E-state index in [2.05, 4.69) is 10.9 Å². The summed E-state index contributed by atoms with van der Waals surface area (Å²) < 4.78 is 24.5. The van der Waals surface area contributed by atoms with Crippen molar-refractivity contribution in [3.8, 4) is 29.6 Å². The molecule has 0 saturated heterocycles. The van der Waals surface area contributed by atoms with E-state index in [-0.39, 0.29) is 30.5 Å². The molecular weight excluding hydrogens is 516 g/mol. The molecule has 202 valence electrons. The Labute approximate surface area is 230 Å². The number of benzene rings is 2. The molecule has 1 aromatic heterocycles. The van der Waals surface area contributed by atoms with Crippen LogP contribution in [-0.4, -0.2) is 37.0 Å². The maximum atomic E-state index is 13.9. The first kappa shape index (κ1) is 27.7. The lowest BCUT2D eigenvalue weighted by molar-refractivity contribution is -0.139. The summed E-state index contributed by atoms with van der Waals surface area (Å²) in [5, 5.41) is 0. The smallest absolute Gasteiger partial charge is 0.338 e. The van der Waals surface area contributed by atoms with Gasteiger partial charge >= 0.3 is 5.97 Å². The molecule has 0 spiro atoms. The molecule has 0 N–H and O–H groups in total. The predicted octanol–water partition coefficient (Wildman–Crippen LogP) is 3.61. The molecule has 1 aliphatic heterocycles. The molecular formula is C30H30N2O6S. The Kier molecular flexibility index (Phi) is 8.57. The number of aromatic nitrogens is 1. The number of para-hydroxylation sites is 1. The second-order valence-electron chi connectivity index (χ2n) is 8.91. The van der Waals surface area contributed by atoms with Crippen molar-refractivity contribution in [3.63, 3.8) is 0 Å². The minimum atomic E-state index is -0.780. The van der Waals surface area contributed by atoms with Gasteiger partial charge in [0.2, 0.25) is 0 Å². The number of nitrogens with zero attached hydrogens (tertiary/aromatic N) is 2. The summed E-state index contributed by atoms with van der Waals surface area (Å²) in [6, 6.07) is 11.9. The Balaban J connectivity index is 1.93. The number of thiazole rings is 1. The summed E-state index contributed by atoms with van der Waals surface area (Å²) in [4.78, 5) is 32.2. The highest BCUT2D eigenvalue weighted by Crippen LogP contribution is 2.36. The van der Waals surface area contributed by atoms with Gasteiger partial charge in [0.1, 0.15) is 12.4 Å². The van der Waals surface area contributed by atoms with Crippen LogP contribution in [0, 0.1) is 12.3 Å². The van der Waals surface area contributed by atoms with E-state index in [1.165, 1.54) is 15.9 Å². The lowest BCUT2D eigenvalue weighted by Crippen LogP contribution is -2.40. The van der Waals surface area contributed by atoms with Gasteiger partial charge in [-0.2, -0.15) is 0 Å². The van der Waals surface area contributed by atoms with Gasteiger partial charge in [-0.25, -0.2) is 9.79 Å². The van der Waals surface area contributed by atoms with Crippen molar-refractivity contribution < 1.29 is 23.7 Å². The van der Waals surface area contributed by atoms with Crippen molar-refractivity contribution in [3.05, 3.63) is 84.5 Å². The molecule has 0 fully saturated rings. The number of carbonyl (C=O) groups is 1. The van der Waals surface area contributed by atoms with Gasteiger partial charge in [-0.05, 0) is 57.5 Å². The molecule has 39 heavy (non-hydrogen) atoms. The molecule has 4 rings (SSSR count). The van der Waals surface area contributed by atoms with E-state index in [0.717, 1.165) is 0 Å². The average Bonchev–Trinajstić information content (AvgIpc) is 3.21. The van der Waals surface area contributed by atoms with Gasteiger partial charge in [0.05, 0.1) is 41.7 Å². The standard InChI is InChI=1S/C30H30N2O6S/c1-7-15-37-22-12-10-9-11-20(22)17-25-28(33)32-27(21-13-14-23(38-18(3)4)24(16-21)35-6)26(29(34)36-8-2)19(5)31-30(32)39-25/h1,9-14,16-18,27H,8,15H2,2-6H3/b25-17+/t27-/m1/s1. The van der Waals surface area contributed by atoms with Gasteiger partial charge in [0.25, 0.3) is 5.56 Å². The highest BCUT2D eigenvalue weighted by molar-refractivity contribution is 7.07. The number of terminal acetylenes is 1. The van der Waals surface area contributed by atoms with Gasteiger partial charge in [0.15, 0.2) is 16.3 Å². The number of ether oxygens (including phenoxy) is 4. The van der Waals surface area contributed by atoms with E-state index in [1.807, 2.05) is 38.1 Å². The Morgan fingerprint density at radius 2 is 1.97 bits per heavy atom. The number of rotatable bonds is 9. The van der Waals surface area contributed by atoms with Crippen molar-refractivity contribution in [1.82, 2.24) is 4.57 Å². The molecule has 1 atom stereocenters. The summed E-state index contributed by atoms with van der Waals surface area (Å²) in [5.74, 6) is 3.53. The highest BCUT2D eigenvalue weighted by atomic mass is 32.1. The van der Waals surface area contributed by atoms with Crippen molar-refractivity contribution in [2.24, 2.45) is 4.99 Å².